The number of ether oxygens (including phenoxy) is 1. The number of hydrogen-bond acceptors (Lipinski definition) is 3. The van der Waals surface area contributed by atoms with Crippen molar-refractivity contribution in [3.05, 3.63) is 35.5 Å². The van der Waals surface area contributed by atoms with Gasteiger partial charge in [-0.15, -0.1) is 0 Å². The molecule has 21 heavy (non-hydrogen) atoms. The van der Waals surface area contributed by atoms with E-state index in [0.717, 1.165) is 22.2 Å². The molecule has 1 aromatic carbocycles. The minimum atomic E-state index is -1.58. The van der Waals surface area contributed by atoms with Crippen LogP contribution in [0.25, 0.3) is 10.9 Å². The van der Waals surface area contributed by atoms with E-state index in [4.69, 9.17) is 39.5 Å². The van der Waals surface area contributed by atoms with Gasteiger partial charge < -0.3 is 9.72 Å². The van der Waals surface area contributed by atoms with E-state index in [2.05, 4.69) is 10.3 Å². The van der Waals surface area contributed by atoms with Crippen molar-refractivity contribution in [1.29, 1.82) is 0 Å². The number of alkyl halides is 3. The Morgan fingerprint density at radius 1 is 1.33 bits per heavy atom. The number of fused-ring (bicyclic) bond motifs is 3. The van der Waals surface area contributed by atoms with Crippen LogP contribution in [-0.4, -0.2) is 27.9 Å². The first-order chi connectivity index (χ1) is 9.91. The first-order valence-corrected chi connectivity index (χ1v) is 7.55. The summed E-state index contributed by atoms with van der Waals surface area (Å²) in [5, 5.41) is 4.09. The van der Waals surface area contributed by atoms with E-state index in [1.807, 2.05) is 24.3 Å². The molecule has 2 aromatic rings. The second-order valence-corrected chi connectivity index (χ2v) is 7.35. The van der Waals surface area contributed by atoms with E-state index in [9.17, 15) is 4.79 Å². The summed E-state index contributed by atoms with van der Waals surface area (Å²) in [7, 11) is 1.35. The Balaban J connectivity index is 2.15. The third-order valence-electron chi connectivity index (χ3n) is 3.72. The van der Waals surface area contributed by atoms with Crippen molar-refractivity contribution in [1.82, 2.24) is 10.3 Å². The van der Waals surface area contributed by atoms with Crippen molar-refractivity contribution in [3.63, 3.8) is 0 Å². The summed E-state index contributed by atoms with van der Waals surface area (Å²) in [6.45, 7) is 0. The summed E-state index contributed by atoms with van der Waals surface area (Å²) in [4.78, 5) is 15.2. The molecule has 7 heteroatoms. The zero-order chi connectivity index (χ0) is 15.2. The van der Waals surface area contributed by atoms with Gasteiger partial charge in [0, 0.05) is 23.0 Å². The van der Waals surface area contributed by atoms with Crippen LogP contribution >= 0.6 is 34.8 Å². The van der Waals surface area contributed by atoms with Gasteiger partial charge in [0.2, 0.25) is 3.79 Å². The summed E-state index contributed by atoms with van der Waals surface area (Å²) in [5.41, 5.74) is 2.74. The Morgan fingerprint density at radius 2 is 2.05 bits per heavy atom. The van der Waals surface area contributed by atoms with Crippen LogP contribution in [0.2, 0.25) is 0 Å². The number of benzene rings is 1. The van der Waals surface area contributed by atoms with Crippen molar-refractivity contribution in [2.75, 3.05) is 7.11 Å². The molecule has 0 saturated heterocycles. The van der Waals surface area contributed by atoms with Gasteiger partial charge >= 0.3 is 5.97 Å². The average Bonchev–Trinajstić information content (AvgIpc) is 2.82. The Bertz CT molecular complexity index is 693. The fraction of sp³-hybridized carbons (Fsp3) is 0.357. The van der Waals surface area contributed by atoms with Gasteiger partial charge in [0.25, 0.3) is 0 Å². The lowest BCUT2D eigenvalue weighted by atomic mass is 9.94. The maximum absolute atomic E-state index is 11.9. The second kappa shape index (κ2) is 5.36. The number of H-pyrrole nitrogens is 1. The minimum Gasteiger partial charge on any atom is -0.468 e. The molecule has 0 radical (unpaired) electrons. The SMILES string of the molecule is COC(=O)C1Cc2c([nH]c3ccccc23)C(C(Cl)(Cl)Cl)N1. The zero-order valence-electron chi connectivity index (χ0n) is 11.1. The van der Waals surface area contributed by atoms with E-state index in [1.54, 1.807) is 0 Å². The molecule has 4 nitrogen and oxygen atoms in total. The summed E-state index contributed by atoms with van der Waals surface area (Å²) in [6.07, 6.45) is 0.489. The predicted molar refractivity (Wildman–Crippen MR) is 84.0 cm³/mol. The highest BCUT2D eigenvalue weighted by atomic mass is 35.6. The molecule has 1 aromatic heterocycles. The summed E-state index contributed by atoms with van der Waals surface area (Å²) >= 11 is 18.2. The number of carbonyl (C=O) groups excluding carboxylic acids is 1. The molecule has 3 rings (SSSR count). The number of methoxy groups -OCH3 is 1. The molecule has 0 aliphatic carbocycles. The van der Waals surface area contributed by atoms with Crippen LogP contribution in [0.4, 0.5) is 0 Å². The first-order valence-electron chi connectivity index (χ1n) is 6.42. The second-order valence-electron chi connectivity index (χ2n) is 4.98. The maximum Gasteiger partial charge on any atom is 0.323 e. The lowest BCUT2D eigenvalue weighted by Crippen LogP contribution is -2.49. The number of halogens is 3. The smallest absolute Gasteiger partial charge is 0.323 e. The van der Waals surface area contributed by atoms with Crippen molar-refractivity contribution in [2.24, 2.45) is 0 Å². The van der Waals surface area contributed by atoms with Crippen LogP contribution in [-0.2, 0) is 16.0 Å². The maximum atomic E-state index is 11.9. The fourth-order valence-electron chi connectivity index (χ4n) is 2.79. The molecule has 2 unspecified atom stereocenters. The van der Waals surface area contributed by atoms with Crippen molar-refractivity contribution >= 4 is 51.7 Å². The van der Waals surface area contributed by atoms with Crippen LogP contribution in [0.15, 0.2) is 24.3 Å². The topological polar surface area (TPSA) is 54.1 Å². The van der Waals surface area contributed by atoms with Gasteiger partial charge in [-0.2, -0.15) is 0 Å². The highest BCUT2D eigenvalue weighted by Crippen LogP contribution is 2.44. The predicted octanol–water partition coefficient (Wildman–Crippen LogP) is 3.27. The number of carbonyl (C=O) groups is 1. The van der Waals surface area contributed by atoms with Crippen molar-refractivity contribution in [3.8, 4) is 0 Å². The van der Waals surface area contributed by atoms with Gasteiger partial charge in [-0.25, -0.2) is 0 Å². The van der Waals surface area contributed by atoms with Gasteiger partial charge in [-0.3, -0.25) is 10.1 Å². The van der Waals surface area contributed by atoms with Gasteiger partial charge in [0.05, 0.1) is 13.2 Å². The molecule has 0 spiro atoms. The zero-order valence-corrected chi connectivity index (χ0v) is 13.4. The molecule has 2 atom stereocenters. The lowest BCUT2D eigenvalue weighted by Gasteiger charge is -2.33. The molecular formula is C14H13Cl3N2O2. The van der Waals surface area contributed by atoms with Crippen molar-refractivity contribution < 1.29 is 9.53 Å². The summed E-state index contributed by atoms with van der Waals surface area (Å²) < 4.78 is 3.23. The largest absolute Gasteiger partial charge is 0.468 e. The molecule has 0 saturated carbocycles. The van der Waals surface area contributed by atoms with E-state index in [-0.39, 0.29) is 5.97 Å². The Kier molecular flexibility index (Phi) is 3.82. The number of nitrogens with one attached hydrogen (secondary N) is 2. The third kappa shape index (κ3) is 2.61. The van der Waals surface area contributed by atoms with Gasteiger partial charge in [0.1, 0.15) is 6.04 Å². The Labute approximate surface area is 136 Å². The molecule has 0 amide bonds. The molecule has 2 N–H and O–H groups in total. The molecule has 2 heterocycles. The number of esters is 1. The van der Waals surface area contributed by atoms with Crippen LogP contribution in [0.5, 0.6) is 0 Å². The first kappa shape index (κ1) is 15.0. The highest BCUT2D eigenvalue weighted by Gasteiger charge is 2.43. The number of para-hydroxylation sites is 1. The van der Waals surface area contributed by atoms with E-state index in [1.165, 1.54) is 7.11 Å². The summed E-state index contributed by atoms with van der Waals surface area (Å²) in [5.74, 6) is -0.370. The quantitative estimate of drug-likeness (QED) is 0.615. The molecular weight excluding hydrogens is 335 g/mol. The third-order valence-corrected chi connectivity index (χ3v) is 4.38. The number of aromatic nitrogens is 1. The number of hydrogen-bond donors (Lipinski definition) is 2. The molecule has 1 aliphatic heterocycles. The lowest BCUT2D eigenvalue weighted by molar-refractivity contribution is -0.143. The number of rotatable bonds is 1. The number of aromatic amines is 1. The molecule has 0 fully saturated rings. The van der Waals surface area contributed by atoms with Crippen molar-refractivity contribution in [2.45, 2.75) is 22.3 Å². The van der Waals surface area contributed by atoms with Crippen LogP contribution in [0.3, 0.4) is 0 Å². The van der Waals surface area contributed by atoms with E-state index in [0.29, 0.717) is 6.42 Å². The van der Waals surface area contributed by atoms with E-state index >= 15 is 0 Å². The standard InChI is InChI=1S/C14H13Cl3N2O2/c1-21-13(20)10-6-8-7-4-2-3-5-9(7)18-11(8)12(19-10)14(15,16)17/h2-5,10,12,18-19H,6H2,1H3. The molecule has 1 aliphatic rings. The Hall–Kier alpha value is -0.940. The van der Waals surface area contributed by atoms with Gasteiger partial charge in [-0.1, -0.05) is 53.0 Å². The van der Waals surface area contributed by atoms with Crippen LogP contribution in [0, 0.1) is 0 Å². The summed E-state index contributed by atoms with van der Waals surface area (Å²) in [6, 6.07) is 6.66. The highest BCUT2D eigenvalue weighted by molar-refractivity contribution is 6.68. The van der Waals surface area contributed by atoms with Gasteiger partial charge in [-0.05, 0) is 11.6 Å². The van der Waals surface area contributed by atoms with Gasteiger partial charge in [0.15, 0.2) is 0 Å². The Morgan fingerprint density at radius 3 is 2.71 bits per heavy atom. The molecule has 0 bridgehead atoms. The monoisotopic (exact) mass is 346 g/mol. The fourth-order valence-corrected chi connectivity index (χ4v) is 3.30. The minimum absolute atomic E-state index is 0.370. The van der Waals surface area contributed by atoms with Crippen LogP contribution < -0.4 is 5.32 Å². The average molecular weight is 348 g/mol. The normalized spacial score (nSPS) is 22.1. The van der Waals surface area contributed by atoms with Crippen LogP contribution in [0.1, 0.15) is 17.3 Å². The van der Waals surface area contributed by atoms with E-state index < -0.39 is 15.9 Å². The molecule has 112 valence electrons.